The summed E-state index contributed by atoms with van der Waals surface area (Å²) in [5.41, 5.74) is 10.9. The first kappa shape index (κ1) is 40.8. The molecule has 2 aromatic heterocycles. The summed E-state index contributed by atoms with van der Waals surface area (Å²) < 4.78 is 39.8. The number of rotatable bonds is 8. The van der Waals surface area contributed by atoms with Gasteiger partial charge in [0.15, 0.2) is 5.82 Å². The highest BCUT2D eigenvalue weighted by molar-refractivity contribution is 6.06. The van der Waals surface area contributed by atoms with Crippen LogP contribution < -0.4 is 30.7 Å². The van der Waals surface area contributed by atoms with Crippen LogP contribution in [-0.4, -0.2) is 113 Å². The molecule has 6 fully saturated rings. The van der Waals surface area contributed by atoms with Crippen molar-refractivity contribution in [1.82, 2.24) is 25.0 Å². The normalized spacial score (nSPS) is 24.1. The second-order valence-corrected chi connectivity index (χ2v) is 18.8. The van der Waals surface area contributed by atoms with E-state index < -0.39 is 11.8 Å². The number of nitrogens with two attached hydrogens (primary N) is 1. The third-order valence-electron chi connectivity index (χ3n) is 15.0. The van der Waals surface area contributed by atoms with Crippen LogP contribution in [0.25, 0.3) is 22.2 Å². The standard InChI is InChI=1S/C48H54F2N10O4/c49-37-8-7-32(60-33-5-6-34(60)28-57(27-33)43-24-39(53-54-46(43)51)36-3-1-2-4-44(36)61)22-41(37)56-15-9-30(10-16-56)26-55-19-13-48(14-20-55)25-35(29-64-48)58-17-11-31-21-42(38(50)23-40(31)58)59-18-12-45(62)52-47(59)63/h1-4,7-8,11,17,21-24,30,33-35,61H,5-6,9-10,12-16,18-20,25-29H2,(H2,51,54)(H,52,62,63)/t33?,34?,35-/m0/s1. The minimum Gasteiger partial charge on any atom is -0.507 e. The molecule has 64 heavy (non-hydrogen) atoms. The molecule has 3 amide bonds. The molecule has 2 bridgehead atoms. The molecule has 16 heteroatoms. The molecular formula is C48H54F2N10O4. The van der Waals surface area contributed by atoms with E-state index in [-0.39, 0.29) is 59.9 Å². The Morgan fingerprint density at radius 3 is 2.36 bits per heavy atom. The summed E-state index contributed by atoms with van der Waals surface area (Å²) in [6, 6.07) is 19.8. The summed E-state index contributed by atoms with van der Waals surface area (Å²) >= 11 is 0. The number of imide groups is 1. The number of urea groups is 1. The fourth-order valence-corrected chi connectivity index (χ4v) is 11.6. The molecule has 0 saturated carbocycles. The van der Waals surface area contributed by atoms with Crippen LogP contribution in [0.15, 0.2) is 72.9 Å². The number of para-hydroxylation sites is 1. The third kappa shape index (κ3) is 7.43. The predicted molar refractivity (Wildman–Crippen MR) is 242 cm³/mol. The maximum Gasteiger partial charge on any atom is 0.328 e. The minimum atomic E-state index is -0.599. The zero-order valence-electron chi connectivity index (χ0n) is 35.8. The van der Waals surface area contributed by atoms with Crippen molar-refractivity contribution in [2.45, 2.75) is 75.1 Å². The number of anilines is 5. The van der Waals surface area contributed by atoms with Crippen LogP contribution >= 0.6 is 0 Å². The Hall–Kier alpha value is -6.00. The molecule has 14 nitrogen and oxygen atoms in total. The van der Waals surface area contributed by atoms with Crippen LogP contribution in [-0.2, 0) is 9.53 Å². The van der Waals surface area contributed by atoms with Crippen molar-refractivity contribution in [1.29, 1.82) is 0 Å². The first-order valence-electron chi connectivity index (χ1n) is 22.9. The molecule has 0 aliphatic carbocycles. The van der Waals surface area contributed by atoms with Crippen molar-refractivity contribution in [2.24, 2.45) is 5.92 Å². The van der Waals surface area contributed by atoms with Crippen LogP contribution in [0.2, 0.25) is 0 Å². The van der Waals surface area contributed by atoms with Gasteiger partial charge in [0.2, 0.25) is 5.91 Å². The molecule has 3 aromatic carbocycles. The number of halogens is 2. The van der Waals surface area contributed by atoms with Gasteiger partial charge in [0.05, 0.1) is 46.5 Å². The molecule has 8 heterocycles. The van der Waals surface area contributed by atoms with Gasteiger partial charge in [-0.1, -0.05) is 12.1 Å². The molecule has 6 aliphatic rings. The maximum atomic E-state index is 15.6. The van der Waals surface area contributed by atoms with E-state index in [1.165, 1.54) is 11.0 Å². The average Bonchev–Trinajstić information content (AvgIpc) is 3.98. The maximum absolute atomic E-state index is 15.6. The zero-order chi connectivity index (χ0) is 43.7. The van der Waals surface area contributed by atoms with Crippen LogP contribution in [0.5, 0.6) is 5.75 Å². The second kappa shape index (κ2) is 16.2. The number of fused-ring (bicyclic) bond motifs is 3. The number of carbonyl (C=O) groups excluding carboxylic acids is 2. The Balaban J connectivity index is 0.682. The number of aromatic hydroxyl groups is 1. The number of phenols is 1. The summed E-state index contributed by atoms with van der Waals surface area (Å²) in [5.74, 6) is 0.0418. The molecule has 1 spiro atoms. The second-order valence-electron chi connectivity index (χ2n) is 18.8. The summed E-state index contributed by atoms with van der Waals surface area (Å²) in [5, 5.41) is 22.1. The molecule has 6 saturated heterocycles. The van der Waals surface area contributed by atoms with Gasteiger partial charge in [-0.05, 0) is 99.4 Å². The number of nitrogens with one attached hydrogen (secondary N) is 1. The summed E-state index contributed by atoms with van der Waals surface area (Å²) in [4.78, 5) is 34.9. The fourth-order valence-electron chi connectivity index (χ4n) is 11.6. The summed E-state index contributed by atoms with van der Waals surface area (Å²) in [6.07, 6.45) is 8.98. The lowest BCUT2D eigenvalue weighted by Gasteiger charge is -2.44. The number of carbonyl (C=O) groups is 2. The molecule has 0 radical (unpaired) electrons. The van der Waals surface area contributed by atoms with E-state index in [0.717, 1.165) is 113 Å². The number of likely N-dealkylation sites (tertiary alicyclic amines) is 1. The molecule has 3 atom stereocenters. The van der Waals surface area contributed by atoms with E-state index in [4.69, 9.17) is 10.5 Å². The molecule has 2 unspecified atom stereocenters. The Morgan fingerprint density at radius 2 is 1.59 bits per heavy atom. The van der Waals surface area contributed by atoms with Crippen molar-refractivity contribution in [3.05, 3.63) is 84.6 Å². The predicted octanol–water partition coefficient (Wildman–Crippen LogP) is 6.68. The van der Waals surface area contributed by atoms with E-state index in [0.29, 0.717) is 35.3 Å². The number of ether oxygens (including phenoxy) is 1. The van der Waals surface area contributed by atoms with Gasteiger partial charge in [0.1, 0.15) is 17.4 Å². The minimum absolute atomic E-state index is 0.0859. The number of benzene rings is 3. The zero-order valence-corrected chi connectivity index (χ0v) is 35.8. The number of nitrogen functional groups attached to an aromatic ring is 1. The molecule has 11 rings (SSSR count). The highest BCUT2D eigenvalue weighted by Crippen LogP contribution is 2.44. The average molecular weight is 873 g/mol. The lowest BCUT2D eigenvalue weighted by Crippen LogP contribution is -2.54. The van der Waals surface area contributed by atoms with Crippen LogP contribution in [0.1, 0.15) is 57.4 Å². The van der Waals surface area contributed by atoms with E-state index in [1.54, 1.807) is 24.3 Å². The van der Waals surface area contributed by atoms with Crippen molar-refractivity contribution in [2.75, 3.05) is 84.3 Å². The smallest absolute Gasteiger partial charge is 0.328 e. The molecule has 5 aromatic rings. The third-order valence-corrected chi connectivity index (χ3v) is 15.0. The van der Waals surface area contributed by atoms with Gasteiger partial charge in [-0.3, -0.25) is 15.0 Å². The molecule has 4 N–H and O–H groups in total. The lowest BCUT2D eigenvalue weighted by molar-refractivity contribution is -0.120. The van der Waals surface area contributed by atoms with Gasteiger partial charge < -0.3 is 39.7 Å². The van der Waals surface area contributed by atoms with E-state index >= 15 is 8.78 Å². The highest BCUT2D eigenvalue weighted by atomic mass is 19.1. The molecular weight excluding hydrogens is 819 g/mol. The summed E-state index contributed by atoms with van der Waals surface area (Å²) in [6.45, 7) is 6.83. The number of piperidine rings is 2. The number of hydrogen-bond acceptors (Lipinski definition) is 11. The quantitative estimate of drug-likeness (QED) is 0.153. The first-order valence-corrected chi connectivity index (χ1v) is 22.9. The highest BCUT2D eigenvalue weighted by Gasteiger charge is 2.44. The molecule has 6 aliphatic heterocycles. The number of aromatic nitrogens is 3. The van der Waals surface area contributed by atoms with Crippen LogP contribution in [0.4, 0.5) is 42.1 Å². The van der Waals surface area contributed by atoms with Crippen molar-refractivity contribution in [3.8, 4) is 17.0 Å². The Labute approximate surface area is 370 Å². The van der Waals surface area contributed by atoms with Crippen molar-refractivity contribution >= 4 is 51.4 Å². The Morgan fingerprint density at radius 1 is 0.812 bits per heavy atom. The first-order chi connectivity index (χ1) is 31.1. The fraction of sp³-hybridized carbons (Fsp3) is 0.458. The van der Waals surface area contributed by atoms with Gasteiger partial charge in [-0.15, -0.1) is 10.2 Å². The molecule has 334 valence electrons. The van der Waals surface area contributed by atoms with E-state index in [1.807, 2.05) is 36.5 Å². The Kier molecular flexibility index (Phi) is 10.3. The van der Waals surface area contributed by atoms with Gasteiger partial charge >= 0.3 is 6.03 Å². The van der Waals surface area contributed by atoms with Crippen molar-refractivity contribution < 1.29 is 28.2 Å². The van der Waals surface area contributed by atoms with Gasteiger partial charge in [-0.2, -0.15) is 0 Å². The number of amides is 3. The lowest BCUT2D eigenvalue weighted by atomic mass is 9.86. The van der Waals surface area contributed by atoms with E-state index in [2.05, 4.69) is 45.7 Å². The largest absolute Gasteiger partial charge is 0.507 e. The SMILES string of the molecule is Nc1nnc(-c2ccccc2O)cc1N1CC2CCC(C1)N2c1ccc(F)c(N2CCC(CN3CCC4(CC3)C[C@H](n3ccc5cc(N6CCC(=O)NC6=O)c(F)cc53)CO4)CC2)c1. The van der Waals surface area contributed by atoms with Gasteiger partial charge in [0.25, 0.3) is 0 Å². The number of piperazine rings is 1. The number of phenolic OH excluding ortho intramolecular Hbond substituents is 1. The Bertz CT molecular complexity index is 2590. The van der Waals surface area contributed by atoms with Crippen LogP contribution in [0.3, 0.4) is 0 Å². The topological polar surface area (TPSA) is 149 Å². The van der Waals surface area contributed by atoms with Crippen molar-refractivity contribution in [3.63, 3.8) is 0 Å². The number of nitrogens with zero attached hydrogens (tertiary/aromatic N) is 8. The number of hydrogen-bond donors (Lipinski definition) is 3. The monoisotopic (exact) mass is 872 g/mol. The van der Waals surface area contributed by atoms with E-state index in [9.17, 15) is 14.7 Å². The van der Waals surface area contributed by atoms with Gasteiger partial charge in [-0.25, -0.2) is 13.6 Å². The van der Waals surface area contributed by atoms with Gasteiger partial charge in [0, 0.05) is 99.8 Å². The van der Waals surface area contributed by atoms with Crippen LogP contribution in [0, 0.1) is 17.6 Å². The summed E-state index contributed by atoms with van der Waals surface area (Å²) in [7, 11) is 0.